The predicted octanol–water partition coefficient (Wildman–Crippen LogP) is 4.90. The number of alkyl halides is 3. The first-order valence-corrected chi connectivity index (χ1v) is 9.60. The molecular weight excluding hydrogens is 341 g/mol. The van der Waals surface area contributed by atoms with Crippen LogP contribution in [-0.4, -0.2) is 22.7 Å². The zero-order valence-electron chi connectivity index (χ0n) is 15.2. The van der Waals surface area contributed by atoms with Crippen molar-refractivity contribution in [2.24, 2.45) is 23.2 Å². The number of hydrogen-bond acceptors (Lipinski definition) is 2. The highest BCUT2D eigenvalue weighted by Crippen LogP contribution is 2.66. The van der Waals surface area contributed by atoms with Gasteiger partial charge in [-0.25, -0.2) is 0 Å². The molecule has 0 spiro atoms. The van der Waals surface area contributed by atoms with Gasteiger partial charge in [0.2, 0.25) is 0 Å². The smallest absolute Gasteiger partial charge is 0.380 e. The van der Waals surface area contributed by atoms with Crippen molar-refractivity contribution in [3.63, 3.8) is 0 Å². The van der Waals surface area contributed by atoms with Gasteiger partial charge in [0.15, 0.2) is 11.4 Å². The molecule has 1 N–H and O–H groups in total. The minimum Gasteiger partial charge on any atom is -0.380 e. The van der Waals surface area contributed by atoms with E-state index >= 15 is 0 Å². The van der Waals surface area contributed by atoms with Crippen molar-refractivity contribution in [1.82, 2.24) is 0 Å². The van der Waals surface area contributed by atoms with E-state index in [-0.39, 0.29) is 36.4 Å². The van der Waals surface area contributed by atoms with Crippen LogP contribution in [-0.2, 0) is 4.79 Å². The van der Waals surface area contributed by atoms with Gasteiger partial charge in [0.05, 0.1) is 0 Å². The zero-order valence-corrected chi connectivity index (χ0v) is 15.2. The van der Waals surface area contributed by atoms with Crippen LogP contribution in [0.3, 0.4) is 0 Å². The Labute approximate surface area is 151 Å². The van der Waals surface area contributed by atoms with Crippen molar-refractivity contribution in [3.05, 3.63) is 34.9 Å². The maximum absolute atomic E-state index is 13.8. The van der Waals surface area contributed by atoms with Gasteiger partial charge >= 0.3 is 6.18 Å². The van der Waals surface area contributed by atoms with Gasteiger partial charge in [-0.05, 0) is 72.7 Å². The molecule has 4 rings (SSSR count). The fourth-order valence-corrected chi connectivity index (χ4v) is 6.32. The number of carbonyl (C=O) groups excluding carboxylic acids is 1. The van der Waals surface area contributed by atoms with Crippen LogP contribution in [0.2, 0.25) is 0 Å². The summed E-state index contributed by atoms with van der Waals surface area (Å²) in [7, 11) is 0. The average molecular weight is 366 g/mol. The van der Waals surface area contributed by atoms with E-state index in [1.54, 1.807) is 19.1 Å². The summed E-state index contributed by atoms with van der Waals surface area (Å²) in [5.41, 5.74) is -0.554. The predicted molar refractivity (Wildman–Crippen MR) is 92.2 cm³/mol. The van der Waals surface area contributed by atoms with E-state index in [1.165, 1.54) is 0 Å². The first-order valence-electron chi connectivity index (χ1n) is 9.60. The number of allylic oxidation sites excluding steroid dienone is 5. The quantitative estimate of drug-likeness (QED) is 0.717. The molecule has 5 heteroatoms. The van der Waals surface area contributed by atoms with E-state index in [0.717, 1.165) is 23.1 Å². The van der Waals surface area contributed by atoms with Gasteiger partial charge in [0.1, 0.15) is 0 Å². The molecule has 0 saturated heterocycles. The van der Waals surface area contributed by atoms with E-state index < -0.39 is 17.2 Å². The molecule has 5 atom stereocenters. The Morgan fingerprint density at radius 3 is 2.69 bits per heavy atom. The van der Waals surface area contributed by atoms with E-state index in [9.17, 15) is 23.1 Å². The van der Waals surface area contributed by atoms with E-state index in [1.807, 2.05) is 6.08 Å². The van der Waals surface area contributed by atoms with Crippen LogP contribution < -0.4 is 0 Å². The number of aliphatic hydroxyl groups is 1. The third-order valence-electron chi connectivity index (χ3n) is 7.50. The molecule has 4 aliphatic carbocycles. The van der Waals surface area contributed by atoms with Gasteiger partial charge in [0, 0.05) is 11.8 Å². The molecule has 0 amide bonds. The second kappa shape index (κ2) is 5.57. The van der Waals surface area contributed by atoms with Gasteiger partial charge in [-0.3, -0.25) is 4.79 Å². The number of halogens is 3. The Kier molecular flexibility index (Phi) is 3.86. The lowest BCUT2D eigenvalue weighted by Crippen LogP contribution is -2.58. The fraction of sp³-hybridized carbons (Fsp3) is 0.667. The molecule has 1 fully saturated rings. The number of fused-ring (bicyclic) bond motifs is 4. The Morgan fingerprint density at radius 1 is 1.31 bits per heavy atom. The molecule has 1 saturated carbocycles. The monoisotopic (exact) mass is 366 g/mol. The van der Waals surface area contributed by atoms with Crippen LogP contribution >= 0.6 is 0 Å². The Morgan fingerprint density at radius 2 is 2.04 bits per heavy atom. The maximum Gasteiger partial charge on any atom is 0.418 e. The lowest BCUT2D eigenvalue weighted by atomic mass is 9.54. The minimum absolute atomic E-state index is 0.0247. The second-order valence-electron chi connectivity index (χ2n) is 8.51. The van der Waals surface area contributed by atoms with Gasteiger partial charge in [-0.15, -0.1) is 0 Å². The highest BCUT2D eigenvalue weighted by molar-refractivity contribution is 5.93. The highest BCUT2D eigenvalue weighted by Gasteiger charge is 2.71. The van der Waals surface area contributed by atoms with Gasteiger partial charge < -0.3 is 5.11 Å². The molecule has 0 aromatic carbocycles. The van der Waals surface area contributed by atoms with Gasteiger partial charge in [-0.2, -0.15) is 13.2 Å². The second-order valence-corrected chi connectivity index (χ2v) is 8.51. The van der Waals surface area contributed by atoms with Gasteiger partial charge in [-0.1, -0.05) is 26.0 Å². The highest BCUT2D eigenvalue weighted by atomic mass is 19.4. The number of carbonyl (C=O) groups is 1. The van der Waals surface area contributed by atoms with E-state index in [4.69, 9.17) is 0 Å². The number of rotatable bonds is 1. The summed E-state index contributed by atoms with van der Waals surface area (Å²) < 4.78 is 41.5. The van der Waals surface area contributed by atoms with Crippen LogP contribution in [0.25, 0.3) is 0 Å². The lowest BCUT2D eigenvalue weighted by molar-refractivity contribution is -0.291. The van der Waals surface area contributed by atoms with Crippen molar-refractivity contribution in [1.29, 1.82) is 0 Å². The Balaban J connectivity index is 1.88. The van der Waals surface area contributed by atoms with Crippen molar-refractivity contribution in [2.45, 2.75) is 64.1 Å². The summed E-state index contributed by atoms with van der Waals surface area (Å²) in [6.07, 6.45) is 2.94. The van der Waals surface area contributed by atoms with Crippen LogP contribution in [0.1, 0.15) is 52.4 Å². The number of ketones is 1. The van der Waals surface area contributed by atoms with E-state index in [2.05, 4.69) is 6.92 Å². The summed E-state index contributed by atoms with van der Waals surface area (Å²) in [4.78, 5) is 11.8. The van der Waals surface area contributed by atoms with Crippen LogP contribution in [0.4, 0.5) is 13.2 Å². The molecule has 0 unspecified atom stereocenters. The van der Waals surface area contributed by atoms with Crippen molar-refractivity contribution >= 4 is 5.78 Å². The number of hydrogen-bond donors (Lipinski definition) is 1. The molecular formula is C21H25F3O2. The molecule has 0 radical (unpaired) electrons. The zero-order chi connectivity index (χ0) is 18.9. The first-order chi connectivity index (χ1) is 12.1. The SMILES string of the molecule is CC[C@]12C=CC3=C4CCC(=O)C=C4C[C@@H](C)[C@H]3[C@@H]1CC[C@@]2(O)C(F)(F)F. The van der Waals surface area contributed by atoms with Crippen molar-refractivity contribution in [2.75, 3.05) is 0 Å². The van der Waals surface area contributed by atoms with Crippen LogP contribution in [0.5, 0.6) is 0 Å². The molecule has 26 heavy (non-hydrogen) atoms. The largest absolute Gasteiger partial charge is 0.418 e. The van der Waals surface area contributed by atoms with Crippen LogP contribution in [0.15, 0.2) is 34.9 Å². The topological polar surface area (TPSA) is 37.3 Å². The summed E-state index contributed by atoms with van der Waals surface area (Å²) >= 11 is 0. The molecule has 0 aromatic heterocycles. The normalized spacial score (nSPS) is 42.3. The lowest BCUT2D eigenvalue weighted by Gasteiger charge is -2.52. The molecule has 0 bridgehead atoms. The molecule has 142 valence electrons. The standard InChI is InChI=1S/C21H25F3O2/c1-3-19-8-6-16-15-5-4-14(25)11-13(15)10-12(2)18(16)17(19)7-9-20(19,26)21(22,23)24/h6,8,11-12,17-18,26H,3-5,7,9-10H2,1-2H3/t12-,17+,18-,19+,20+/m1/s1. The van der Waals surface area contributed by atoms with E-state index in [0.29, 0.717) is 19.3 Å². The molecule has 0 heterocycles. The Hall–Kier alpha value is -1.36. The summed E-state index contributed by atoms with van der Waals surface area (Å²) in [6.45, 7) is 3.83. The third kappa shape index (κ3) is 2.12. The first kappa shape index (κ1) is 18.0. The fourth-order valence-electron chi connectivity index (χ4n) is 6.32. The maximum atomic E-state index is 13.8. The third-order valence-corrected chi connectivity index (χ3v) is 7.50. The summed E-state index contributed by atoms with van der Waals surface area (Å²) in [5, 5.41) is 10.8. The molecule has 2 nitrogen and oxygen atoms in total. The van der Waals surface area contributed by atoms with Crippen molar-refractivity contribution in [3.8, 4) is 0 Å². The average Bonchev–Trinajstić information content (AvgIpc) is 2.89. The summed E-state index contributed by atoms with van der Waals surface area (Å²) in [6, 6.07) is 0. The molecule has 0 aromatic rings. The summed E-state index contributed by atoms with van der Waals surface area (Å²) in [5.74, 6) is 0.129. The minimum atomic E-state index is -4.63. The van der Waals surface area contributed by atoms with Gasteiger partial charge in [0.25, 0.3) is 0 Å². The molecule has 0 aliphatic heterocycles. The van der Waals surface area contributed by atoms with Crippen molar-refractivity contribution < 1.29 is 23.1 Å². The Bertz CT molecular complexity index is 745. The van der Waals surface area contributed by atoms with Crippen LogP contribution in [0, 0.1) is 23.2 Å². The molecule has 4 aliphatic rings.